The maximum Gasteiger partial charge on any atom is 0.323 e. The molecule has 1 N–H and O–H groups in total. The summed E-state index contributed by atoms with van der Waals surface area (Å²) in [4.78, 5) is 22.6. The quantitative estimate of drug-likeness (QED) is 0.858. The van der Waals surface area contributed by atoms with Crippen LogP contribution in [0.4, 0.5) is 9.93 Å². The molecule has 120 valence electrons. The lowest BCUT2D eigenvalue weighted by Gasteiger charge is -2.25. The number of hydrogen-bond donors (Lipinski definition) is 1. The van der Waals surface area contributed by atoms with Crippen molar-refractivity contribution in [1.82, 2.24) is 14.8 Å². The van der Waals surface area contributed by atoms with E-state index in [2.05, 4.69) is 22.2 Å². The van der Waals surface area contributed by atoms with Gasteiger partial charge < -0.3 is 9.64 Å². The van der Waals surface area contributed by atoms with E-state index in [1.165, 1.54) is 12.8 Å². The number of carbonyl (C=O) groups is 1. The van der Waals surface area contributed by atoms with E-state index in [4.69, 9.17) is 4.74 Å². The van der Waals surface area contributed by atoms with E-state index >= 15 is 0 Å². The number of nitrogens with zero attached hydrogens (tertiary/aromatic N) is 3. The molecule has 3 aliphatic rings. The van der Waals surface area contributed by atoms with Crippen molar-refractivity contribution in [2.24, 2.45) is 0 Å². The van der Waals surface area contributed by atoms with Gasteiger partial charge in [0.05, 0.1) is 23.8 Å². The van der Waals surface area contributed by atoms with Gasteiger partial charge in [-0.2, -0.15) is 0 Å². The molecule has 6 nitrogen and oxygen atoms in total. The number of nitrogens with one attached hydrogen (secondary N) is 1. The minimum absolute atomic E-state index is 0.00651. The Morgan fingerprint density at radius 1 is 1.36 bits per heavy atom. The van der Waals surface area contributed by atoms with Crippen molar-refractivity contribution >= 4 is 22.5 Å². The summed E-state index contributed by atoms with van der Waals surface area (Å²) in [5, 5.41) is 3.70. The molecule has 2 atom stereocenters. The van der Waals surface area contributed by atoms with Crippen molar-refractivity contribution in [3.05, 3.63) is 10.6 Å². The lowest BCUT2D eigenvalue weighted by molar-refractivity contribution is 0.112. The molecule has 0 unspecified atom stereocenters. The zero-order chi connectivity index (χ0) is 15.1. The molecule has 2 bridgehead atoms. The van der Waals surface area contributed by atoms with Crippen molar-refractivity contribution in [2.45, 2.75) is 44.4 Å². The number of rotatable bonds is 1. The molecule has 0 radical (unpaired) electrons. The highest BCUT2D eigenvalue weighted by atomic mass is 32.1. The van der Waals surface area contributed by atoms with Crippen LogP contribution < -0.4 is 5.32 Å². The maximum atomic E-state index is 12.5. The number of hydrogen-bond acceptors (Lipinski definition) is 5. The lowest BCUT2D eigenvalue weighted by Crippen LogP contribution is -2.41. The lowest BCUT2D eigenvalue weighted by atomic mass is 10.1. The number of fused-ring (bicyclic) bond motifs is 3. The van der Waals surface area contributed by atoms with Gasteiger partial charge in [-0.05, 0) is 26.3 Å². The molecular weight excluding hydrogens is 300 g/mol. The molecule has 2 saturated heterocycles. The molecule has 22 heavy (non-hydrogen) atoms. The number of thiazole rings is 1. The van der Waals surface area contributed by atoms with E-state index < -0.39 is 0 Å². The first-order valence-electron chi connectivity index (χ1n) is 8.05. The summed E-state index contributed by atoms with van der Waals surface area (Å²) in [6, 6.07) is 1.15. The number of ether oxygens (including phenoxy) is 1. The molecule has 0 spiro atoms. The van der Waals surface area contributed by atoms with Crippen LogP contribution in [0.15, 0.2) is 0 Å². The Hall–Kier alpha value is -1.18. The van der Waals surface area contributed by atoms with Gasteiger partial charge in [0.25, 0.3) is 0 Å². The molecule has 0 aromatic carbocycles. The number of likely N-dealkylation sites (N-methyl/N-ethyl adjacent to an activating group) is 1. The second kappa shape index (κ2) is 5.79. The van der Waals surface area contributed by atoms with Crippen LogP contribution >= 0.6 is 11.3 Å². The van der Waals surface area contributed by atoms with Gasteiger partial charge in [0.2, 0.25) is 0 Å². The van der Waals surface area contributed by atoms with Gasteiger partial charge in [0.1, 0.15) is 0 Å². The maximum absolute atomic E-state index is 12.5. The highest BCUT2D eigenvalue weighted by Crippen LogP contribution is 2.30. The number of likely N-dealkylation sites (tertiary alicyclic amines) is 1. The topological polar surface area (TPSA) is 57.7 Å². The second-order valence-corrected chi connectivity index (χ2v) is 7.49. The zero-order valence-corrected chi connectivity index (χ0v) is 13.7. The normalized spacial score (nSPS) is 28.3. The van der Waals surface area contributed by atoms with Crippen LogP contribution in [0, 0.1) is 0 Å². The Morgan fingerprint density at radius 2 is 2.23 bits per heavy atom. The smallest absolute Gasteiger partial charge is 0.323 e. The summed E-state index contributed by atoms with van der Waals surface area (Å²) in [5.41, 5.74) is 1.08. The van der Waals surface area contributed by atoms with E-state index in [1.807, 2.05) is 4.90 Å². The summed E-state index contributed by atoms with van der Waals surface area (Å²) < 4.78 is 5.43. The molecule has 1 aromatic rings. The summed E-state index contributed by atoms with van der Waals surface area (Å²) in [6.45, 7) is 3.02. The molecule has 7 heteroatoms. The van der Waals surface area contributed by atoms with E-state index in [-0.39, 0.29) is 6.03 Å². The molecule has 3 aliphatic heterocycles. The largest absolute Gasteiger partial charge is 0.375 e. The summed E-state index contributed by atoms with van der Waals surface area (Å²) in [6.07, 6.45) is 4.40. The number of anilines is 1. The van der Waals surface area contributed by atoms with Crippen molar-refractivity contribution in [3.63, 3.8) is 0 Å². The van der Waals surface area contributed by atoms with Crippen molar-refractivity contribution in [2.75, 3.05) is 32.1 Å². The van der Waals surface area contributed by atoms with Crippen molar-refractivity contribution in [1.29, 1.82) is 0 Å². The number of urea groups is 1. The van der Waals surface area contributed by atoms with E-state index in [1.54, 1.807) is 11.3 Å². The average molecular weight is 322 g/mol. The molecule has 2 amide bonds. The van der Waals surface area contributed by atoms with Crippen LogP contribution in [-0.2, 0) is 17.8 Å². The summed E-state index contributed by atoms with van der Waals surface area (Å²) in [7, 11) is 2.19. The third kappa shape index (κ3) is 2.61. The van der Waals surface area contributed by atoms with Gasteiger partial charge in [-0.25, -0.2) is 9.78 Å². The fraction of sp³-hybridized carbons (Fsp3) is 0.733. The van der Waals surface area contributed by atoms with Gasteiger partial charge in [-0.15, -0.1) is 0 Å². The molecule has 0 saturated carbocycles. The molecular formula is C15H22N4O2S. The molecule has 0 aliphatic carbocycles. The Balaban J connectivity index is 1.42. The third-order valence-electron chi connectivity index (χ3n) is 5.14. The third-order valence-corrected chi connectivity index (χ3v) is 6.13. The number of aromatic nitrogens is 1. The molecule has 4 heterocycles. The van der Waals surface area contributed by atoms with Crippen LogP contribution in [0.2, 0.25) is 0 Å². The molecule has 1 aromatic heterocycles. The van der Waals surface area contributed by atoms with Crippen LogP contribution in [-0.4, -0.2) is 59.6 Å². The zero-order valence-electron chi connectivity index (χ0n) is 12.9. The first-order chi connectivity index (χ1) is 10.7. The van der Waals surface area contributed by atoms with Crippen LogP contribution in [0.3, 0.4) is 0 Å². The standard InChI is InChI=1S/C15H22N4O2S/c1-18-10-2-3-11(18)8-19(6-4-10)15(20)17-14-16-12-5-7-21-9-13(12)22-14/h10-11H,2-9H2,1H3,(H,16,17,20)/t10-,11-/m0/s1. The first kappa shape index (κ1) is 14.4. The van der Waals surface area contributed by atoms with Gasteiger partial charge in [-0.3, -0.25) is 10.2 Å². The van der Waals surface area contributed by atoms with Crippen LogP contribution in [0.5, 0.6) is 0 Å². The Labute approximate surface area is 134 Å². The number of amides is 2. The minimum Gasteiger partial charge on any atom is -0.375 e. The highest BCUT2D eigenvalue weighted by molar-refractivity contribution is 7.15. The van der Waals surface area contributed by atoms with E-state index in [9.17, 15) is 4.79 Å². The fourth-order valence-electron chi connectivity index (χ4n) is 3.74. The highest BCUT2D eigenvalue weighted by Gasteiger charge is 2.36. The van der Waals surface area contributed by atoms with Gasteiger partial charge in [-0.1, -0.05) is 11.3 Å². The van der Waals surface area contributed by atoms with Gasteiger partial charge in [0, 0.05) is 31.6 Å². The Kier molecular flexibility index (Phi) is 3.79. The minimum atomic E-state index is -0.00651. The summed E-state index contributed by atoms with van der Waals surface area (Å²) >= 11 is 1.54. The van der Waals surface area contributed by atoms with Gasteiger partial charge in [0.15, 0.2) is 5.13 Å². The predicted octanol–water partition coefficient (Wildman–Crippen LogP) is 1.92. The molecule has 2 fully saturated rings. The molecule has 4 rings (SSSR count). The Bertz CT molecular complexity index is 552. The number of carbonyl (C=O) groups excluding carboxylic acids is 1. The van der Waals surface area contributed by atoms with E-state index in [0.29, 0.717) is 23.8 Å². The van der Waals surface area contributed by atoms with Gasteiger partial charge >= 0.3 is 6.03 Å². The SMILES string of the molecule is CN1[C@H]2CC[C@H]1CN(C(=O)Nc1nc3c(s1)COCC3)CC2. The van der Waals surface area contributed by atoms with E-state index in [0.717, 1.165) is 43.1 Å². The Morgan fingerprint density at radius 3 is 3.09 bits per heavy atom. The predicted molar refractivity (Wildman–Crippen MR) is 85.3 cm³/mol. The van der Waals surface area contributed by atoms with Crippen molar-refractivity contribution in [3.8, 4) is 0 Å². The average Bonchev–Trinajstić information content (AvgIpc) is 2.99. The fourth-order valence-corrected chi connectivity index (χ4v) is 4.68. The monoisotopic (exact) mass is 322 g/mol. The van der Waals surface area contributed by atoms with Crippen LogP contribution in [0.25, 0.3) is 0 Å². The first-order valence-corrected chi connectivity index (χ1v) is 8.86. The second-order valence-electron chi connectivity index (χ2n) is 6.41. The van der Waals surface area contributed by atoms with Crippen molar-refractivity contribution < 1.29 is 9.53 Å². The summed E-state index contributed by atoms with van der Waals surface area (Å²) in [5.74, 6) is 0. The van der Waals surface area contributed by atoms with Crippen LogP contribution in [0.1, 0.15) is 29.8 Å².